The maximum atomic E-state index is 14.0. The smallest absolute Gasteiger partial charge is 0.242 e. The van der Waals surface area contributed by atoms with E-state index in [0.29, 0.717) is 12.5 Å². The van der Waals surface area contributed by atoms with Crippen molar-refractivity contribution in [1.82, 2.24) is 5.32 Å². The van der Waals surface area contributed by atoms with Gasteiger partial charge in [-0.25, -0.2) is 4.39 Å². The maximum Gasteiger partial charge on any atom is 0.242 e. The number of nitrogens with one attached hydrogen (secondary N) is 2. The van der Waals surface area contributed by atoms with Crippen molar-refractivity contribution < 1.29 is 9.18 Å². The molecule has 0 heterocycles. The number of anilines is 3. The average molecular weight is 303 g/mol. The van der Waals surface area contributed by atoms with Gasteiger partial charge in [-0.3, -0.25) is 4.79 Å². The summed E-state index contributed by atoms with van der Waals surface area (Å²) in [6.45, 7) is 6.12. The van der Waals surface area contributed by atoms with Crippen LogP contribution in [-0.2, 0) is 4.79 Å². The first kappa shape index (κ1) is 16.4. The molecule has 0 spiro atoms. The lowest BCUT2D eigenvalue weighted by Gasteiger charge is -2.19. The Bertz CT molecular complexity index is 508. The summed E-state index contributed by atoms with van der Waals surface area (Å²) in [5, 5.41) is 5.25. The van der Waals surface area contributed by atoms with Crippen LogP contribution in [-0.4, -0.2) is 18.5 Å². The van der Waals surface area contributed by atoms with Gasteiger partial charge in [-0.1, -0.05) is 25.4 Å². The minimum absolute atomic E-state index is 0.0172. The lowest BCUT2D eigenvalue weighted by molar-refractivity contribution is -0.121. The minimum atomic E-state index is -0.757. The first-order chi connectivity index (χ1) is 9.23. The van der Waals surface area contributed by atoms with Crippen LogP contribution in [0.3, 0.4) is 0 Å². The van der Waals surface area contributed by atoms with E-state index >= 15 is 0 Å². The van der Waals surface area contributed by atoms with E-state index in [4.69, 9.17) is 23.1 Å². The third kappa shape index (κ3) is 3.90. The molecule has 0 aliphatic carbocycles. The van der Waals surface area contributed by atoms with E-state index in [2.05, 4.69) is 10.6 Å². The molecule has 1 rings (SSSR count). The van der Waals surface area contributed by atoms with Gasteiger partial charge in [0, 0.05) is 6.54 Å². The van der Waals surface area contributed by atoms with Crippen molar-refractivity contribution in [3.05, 3.63) is 16.9 Å². The van der Waals surface area contributed by atoms with Gasteiger partial charge < -0.3 is 22.1 Å². The number of benzene rings is 1. The molecule has 1 aromatic carbocycles. The fraction of sp³-hybridized carbons (Fsp3) is 0.462. The van der Waals surface area contributed by atoms with E-state index in [1.807, 2.05) is 13.8 Å². The second-order valence-electron chi connectivity index (χ2n) is 5.06. The number of hydrogen-bond donors (Lipinski definition) is 4. The largest absolute Gasteiger partial charge is 0.397 e. The van der Waals surface area contributed by atoms with Crippen molar-refractivity contribution >= 4 is 34.6 Å². The molecule has 0 aliphatic heterocycles. The molecule has 1 unspecified atom stereocenters. The van der Waals surface area contributed by atoms with Gasteiger partial charge in [0.15, 0.2) is 5.82 Å². The van der Waals surface area contributed by atoms with Crippen LogP contribution in [0.15, 0.2) is 6.07 Å². The molecule has 0 saturated heterocycles. The Hall–Kier alpha value is -1.69. The van der Waals surface area contributed by atoms with E-state index in [1.165, 1.54) is 6.07 Å². The van der Waals surface area contributed by atoms with Crippen molar-refractivity contribution in [1.29, 1.82) is 0 Å². The molecule has 20 heavy (non-hydrogen) atoms. The molecule has 112 valence electrons. The highest BCUT2D eigenvalue weighted by atomic mass is 35.5. The third-order valence-corrected chi connectivity index (χ3v) is 3.09. The Balaban J connectivity index is 2.83. The predicted molar refractivity (Wildman–Crippen MR) is 81.2 cm³/mol. The van der Waals surface area contributed by atoms with Gasteiger partial charge in [0.2, 0.25) is 5.91 Å². The van der Waals surface area contributed by atoms with Gasteiger partial charge in [0.05, 0.1) is 17.1 Å². The molecule has 1 aromatic rings. The summed E-state index contributed by atoms with van der Waals surface area (Å²) in [6.07, 6.45) is 0. The van der Waals surface area contributed by atoms with E-state index in [0.717, 1.165) is 0 Å². The quantitative estimate of drug-likeness (QED) is 0.627. The number of rotatable bonds is 5. The zero-order chi connectivity index (χ0) is 15.4. The first-order valence-electron chi connectivity index (χ1n) is 6.31. The Morgan fingerprint density at radius 3 is 2.50 bits per heavy atom. The van der Waals surface area contributed by atoms with Crippen LogP contribution in [0.25, 0.3) is 0 Å². The molecular formula is C13H20ClFN4O. The fourth-order valence-electron chi connectivity index (χ4n) is 1.55. The molecule has 6 N–H and O–H groups in total. The molecule has 0 saturated carbocycles. The van der Waals surface area contributed by atoms with Gasteiger partial charge in [0.25, 0.3) is 0 Å². The second-order valence-corrected chi connectivity index (χ2v) is 5.44. The number of carbonyl (C=O) groups excluding carboxylic acids is 1. The molecule has 0 aromatic heterocycles. The van der Waals surface area contributed by atoms with Crippen LogP contribution in [0.1, 0.15) is 20.8 Å². The number of nitrogen functional groups attached to an aromatic ring is 2. The number of amides is 1. The van der Waals surface area contributed by atoms with E-state index in [-0.39, 0.29) is 28.0 Å². The predicted octanol–water partition coefficient (Wildman–Crippen LogP) is 2.22. The first-order valence-corrected chi connectivity index (χ1v) is 6.69. The highest BCUT2D eigenvalue weighted by molar-refractivity contribution is 6.33. The number of nitrogens with two attached hydrogens (primary N) is 2. The van der Waals surface area contributed by atoms with Crippen LogP contribution in [0.4, 0.5) is 21.5 Å². The third-order valence-electron chi connectivity index (χ3n) is 2.70. The molecule has 0 radical (unpaired) electrons. The fourth-order valence-corrected chi connectivity index (χ4v) is 1.70. The molecular weight excluding hydrogens is 283 g/mol. The topological polar surface area (TPSA) is 93.2 Å². The highest BCUT2D eigenvalue weighted by Crippen LogP contribution is 2.33. The Morgan fingerprint density at radius 1 is 1.35 bits per heavy atom. The van der Waals surface area contributed by atoms with Crippen molar-refractivity contribution in [2.75, 3.05) is 23.3 Å². The van der Waals surface area contributed by atoms with Gasteiger partial charge >= 0.3 is 0 Å². The average Bonchev–Trinajstić information content (AvgIpc) is 2.38. The summed E-state index contributed by atoms with van der Waals surface area (Å²) < 4.78 is 14.0. The number of carbonyl (C=O) groups is 1. The molecule has 0 aliphatic rings. The maximum absolute atomic E-state index is 14.0. The molecule has 1 atom stereocenters. The summed E-state index contributed by atoms with van der Waals surface area (Å²) in [4.78, 5) is 11.8. The van der Waals surface area contributed by atoms with Crippen molar-refractivity contribution in [3.63, 3.8) is 0 Å². The summed E-state index contributed by atoms with van der Waals surface area (Å²) in [5.74, 6) is -0.669. The summed E-state index contributed by atoms with van der Waals surface area (Å²) >= 11 is 5.72. The highest BCUT2D eigenvalue weighted by Gasteiger charge is 2.19. The normalized spacial score (nSPS) is 12.3. The van der Waals surface area contributed by atoms with Crippen molar-refractivity contribution in [3.8, 4) is 0 Å². The zero-order valence-electron chi connectivity index (χ0n) is 11.8. The van der Waals surface area contributed by atoms with E-state index in [1.54, 1.807) is 6.92 Å². The summed E-state index contributed by atoms with van der Waals surface area (Å²) in [6, 6.07) is 0.706. The van der Waals surface area contributed by atoms with Crippen molar-refractivity contribution in [2.24, 2.45) is 5.92 Å². The zero-order valence-corrected chi connectivity index (χ0v) is 12.5. The Morgan fingerprint density at radius 2 is 1.95 bits per heavy atom. The Kier molecular flexibility index (Phi) is 5.44. The lowest BCUT2D eigenvalue weighted by atomic mass is 10.2. The molecule has 5 nitrogen and oxygen atoms in total. The SMILES string of the molecule is CC(C)CNC(=O)C(C)Nc1c(N)cc(N)c(Cl)c1F. The molecule has 0 bridgehead atoms. The van der Waals surface area contributed by atoms with Crippen LogP contribution in [0.5, 0.6) is 0 Å². The molecule has 7 heteroatoms. The number of halogens is 2. The van der Waals surface area contributed by atoms with Gasteiger partial charge in [-0.2, -0.15) is 0 Å². The summed E-state index contributed by atoms with van der Waals surface area (Å²) in [7, 11) is 0. The van der Waals surface area contributed by atoms with Crippen LogP contribution in [0.2, 0.25) is 5.02 Å². The van der Waals surface area contributed by atoms with Crippen LogP contribution in [0, 0.1) is 11.7 Å². The van der Waals surface area contributed by atoms with Gasteiger partial charge in [0.1, 0.15) is 11.1 Å². The Labute approximate surface area is 122 Å². The van der Waals surface area contributed by atoms with Crippen LogP contribution >= 0.6 is 11.6 Å². The van der Waals surface area contributed by atoms with Crippen molar-refractivity contribution in [2.45, 2.75) is 26.8 Å². The van der Waals surface area contributed by atoms with E-state index in [9.17, 15) is 9.18 Å². The standard InChI is InChI=1S/C13H20ClFN4O/c1-6(2)5-18-13(20)7(3)19-12-9(17)4-8(16)10(14)11(12)15/h4,6-7,19H,5,16-17H2,1-3H3,(H,18,20). The molecule has 1 amide bonds. The minimum Gasteiger partial charge on any atom is -0.397 e. The lowest BCUT2D eigenvalue weighted by Crippen LogP contribution is -2.39. The second kappa shape index (κ2) is 6.65. The summed E-state index contributed by atoms with van der Waals surface area (Å²) in [5.41, 5.74) is 11.3. The van der Waals surface area contributed by atoms with E-state index < -0.39 is 11.9 Å². The number of hydrogen-bond acceptors (Lipinski definition) is 4. The molecule has 0 fully saturated rings. The monoisotopic (exact) mass is 302 g/mol. The van der Waals surface area contributed by atoms with Gasteiger partial charge in [-0.05, 0) is 18.9 Å². The van der Waals surface area contributed by atoms with Crippen LogP contribution < -0.4 is 22.1 Å². The van der Waals surface area contributed by atoms with Gasteiger partial charge in [-0.15, -0.1) is 0 Å².